The van der Waals surface area contributed by atoms with Crippen LogP contribution in [0.25, 0.3) is 0 Å². The number of nitriles is 1. The molecule has 1 aromatic heterocycles. The fourth-order valence-corrected chi connectivity index (χ4v) is 2.64. The molecule has 3 rings (SSSR count). The molecule has 4 heteroatoms. The van der Waals surface area contributed by atoms with Crippen LogP contribution in [0.1, 0.15) is 43.0 Å². The normalized spacial score (nSPS) is 15.2. The SMILES string of the molecule is N#Cc1cccc(OCc2ccn(C3CCCC3)n2)c1. The molecule has 1 aliphatic rings. The van der Waals surface area contributed by atoms with Crippen LogP contribution in [0, 0.1) is 11.3 Å². The highest BCUT2D eigenvalue weighted by Crippen LogP contribution is 2.28. The van der Waals surface area contributed by atoms with Crippen LogP contribution >= 0.6 is 0 Å². The van der Waals surface area contributed by atoms with Crippen LogP contribution in [0.15, 0.2) is 36.5 Å². The molecule has 4 nitrogen and oxygen atoms in total. The fourth-order valence-electron chi connectivity index (χ4n) is 2.64. The van der Waals surface area contributed by atoms with Crippen molar-refractivity contribution in [3.8, 4) is 11.8 Å². The molecule has 0 amide bonds. The fraction of sp³-hybridized carbons (Fsp3) is 0.375. The van der Waals surface area contributed by atoms with Gasteiger partial charge in [0.25, 0.3) is 0 Å². The van der Waals surface area contributed by atoms with Gasteiger partial charge in [-0.2, -0.15) is 10.4 Å². The van der Waals surface area contributed by atoms with Gasteiger partial charge in [-0.3, -0.25) is 4.68 Å². The van der Waals surface area contributed by atoms with Gasteiger partial charge in [-0.1, -0.05) is 18.9 Å². The highest BCUT2D eigenvalue weighted by molar-refractivity contribution is 5.36. The van der Waals surface area contributed by atoms with Gasteiger partial charge in [-0.05, 0) is 37.1 Å². The van der Waals surface area contributed by atoms with Crippen molar-refractivity contribution in [2.24, 2.45) is 0 Å². The van der Waals surface area contributed by atoms with Crippen LogP contribution in [-0.2, 0) is 6.61 Å². The molecule has 0 aliphatic heterocycles. The Balaban J connectivity index is 1.62. The smallest absolute Gasteiger partial charge is 0.132 e. The first-order valence-corrected chi connectivity index (χ1v) is 7.02. The molecular weight excluding hydrogens is 250 g/mol. The summed E-state index contributed by atoms with van der Waals surface area (Å²) >= 11 is 0. The van der Waals surface area contributed by atoms with E-state index in [2.05, 4.69) is 15.8 Å². The van der Waals surface area contributed by atoms with Gasteiger partial charge >= 0.3 is 0 Å². The van der Waals surface area contributed by atoms with Crippen molar-refractivity contribution in [2.75, 3.05) is 0 Å². The molecule has 0 unspecified atom stereocenters. The van der Waals surface area contributed by atoms with Crippen molar-refractivity contribution in [2.45, 2.75) is 38.3 Å². The third-order valence-electron chi connectivity index (χ3n) is 3.71. The van der Waals surface area contributed by atoms with Crippen molar-refractivity contribution >= 4 is 0 Å². The number of aromatic nitrogens is 2. The summed E-state index contributed by atoms with van der Waals surface area (Å²) in [5.74, 6) is 0.708. The minimum atomic E-state index is 0.439. The lowest BCUT2D eigenvalue weighted by atomic mass is 10.2. The topological polar surface area (TPSA) is 50.8 Å². The zero-order valence-electron chi connectivity index (χ0n) is 11.3. The summed E-state index contributed by atoms with van der Waals surface area (Å²) in [6, 6.07) is 11.9. The maximum absolute atomic E-state index is 8.85. The zero-order chi connectivity index (χ0) is 13.8. The van der Waals surface area contributed by atoms with Gasteiger partial charge in [0.05, 0.1) is 23.4 Å². The van der Waals surface area contributed by atoms with Gasteiger partial charge in [-0.25, -0.2) is 0 Å². The van der Waals surface area contributed by atoms with E-state index >= 15 is 0 Å². The third kappa shape index (κ3) is 2.83. The first-order chi connectivity index (χ1) is 9.85. The lowest BCUT2D eigenvalue weighted by molar-refractivity contribution is 0.298. The average Bonchev–Trinajstić information content (AvgIpc) is 3.16. The summed E-state index contributed by atoms with van der Waals surface area (Å²) in [6.07, 6.45) is 7.10. The Morgan fingerprint density at radius 3 is 2.95 bits per heavy atom. The highest BCUT2D eigenvalue weighted by Gasteiger charge is 2.17. The van der Waals surface area contributed by atoms with E-state index < -0.39 is 0 Å². The summed E-state index contributed by atoms with van der Waals surface area (Å²) in [5.41, 5.74) is 1.54. The van der Waals surface area contributed by atoms with Crippen molar-refractivity contribution in [1.29, 1.82) is 5.26 Å². The Labute approximate surface area is 118 Å². The maximum atomic E-state index is 8.85. The highest BCUT2D eigenvalue weighted by atomic mass is 16.5. The Bertz CT molecular complexity index is 621. The van der Waals surface area contributed by atoms with Gasteiger partial charge < -0.3 is 4.74 Å². The third-order valence-corrected chi connectivity index (χ3v) is 3.71. The predicted octanol–water partition coefficient (Wildman–Crippen LogP) is 3.45. The van der Waals surface area contributed by atoms with Crippen molar-refractivity contribution in [3.05, 3.63) is 47.8 Å². The molecule has 0 spiro atoms. The largest absolute Gasteiger partial charge is 0.487 e. The Morgan fingerprint density at radius 1 is 1.30 bits per heavy atom. The van der Waals surface area contributed by atoms with Crippen molar-refractivity contribution < 1.29 is 4.74 Å². The quantitative estimate of drug-likeness (QED) is 0.852. The number of rotatable bonds is 4. The van der Waals surface area contributed by atoms with Crippen molar-refractivity contribution in [3.63, 3.8) is 0 Å². The first kappa shape index (κ1) is 12.7. The molecule has 20 heavy (non-hydrogen) atoms. The van der Waals surface area contributed by atoms with Crippen LogP contribution in [0.5, 0.6) is 5.75 Å². The lowest BCUT2D eigenvalue weighted by Gasteiger charge is -2.09. The Kier molecular flexibility index (Phi) is 3.69. The van der Waals surface area contributed by atoms with E-state index in [-0.39, 0.29) is 0 Å². The average molecular weight is 267 g/mol. The molecule has 0 N–H and O–H groups in total. The molecule has 1 heterocycles. The Morgan fingerprint density at radius 2 is 2.15 bits per heavy atom. The molecule has 1 aliphatic carbocycles. The van der Waals surface area contributed by atoms with E-state index in [0.29, 0.717) is 24.0 Å². The molecule has 0 saturated heterocycles. The molecule has 0 radical (unpaired) electrons. The predicted molar refractivity (Wildman–Crippen MR) is 75.2 cm³/mol. The number of ether oxygens (including phenoxy) is 1. The first-order valence-electron chi connectivity index (χ1n) is 7.02. The molecule has 102 valence electrons. The van der Waals surface area contributed by atoms with Gasteiger partial charge in [0.2, 0.25) is 0 Å². The monoisotopic (exact) mass is 267 g/mol. The molecular formula is C16H17N3O. The number of hydrogen-bond donors (Lipinski definition) is 0. The van der Waals surface area contributed by atoms with Crippen LogP contribution in [0.4, 0.5) is 0 Å². The number of benzene rings is 1. The lowest BCUT2D eigenvalue weighted by Crippen LogP contribution is -2.06. The van der Waals surface area contributed by atoms with Crippen molar-refractivity contribution in [1.82, 2.24) is 9.78 Å². The summed E-state index contributed by atoms with van der Waals surface area (Å²) in [7, 11) is 0. The molecule has 0 bridgehead atoms. The summed E-state index contributed by atoms with van der Waals surface area (Å²) in [6.45, 7) is 0.439. The van der Waals surface area contributed by atoms with Gasteiger partial charge in [-0.15, -0.1) is 0 Å². The van der Waals surface area contributed by atoms with Crippen LogP contribution < -0.4 is 4.74 Å². The second-order valence-corrected chi connectivity index (χ2v) is 5.15. The Hall–Kier alpha value is -2.28. The van der Waals surface area contributed by atoms with E-state index in [0.717, 1.165) is 5.69 Å². The second-order valence-electron chi connectivity index (χ2n) is 5.15. The van der Waals surface area contributed by atoms with E-state index in [9.17, 15) is 0 Å². The molecule has 2 aromatic rings. The van der Waals surface area contributed by atoms with Crippen LogP contribution in [0.2, 0.25) is 0 Å². The van der Waals surface area contributed by atoms with E-state index in [1.807, 2.05) is 24.4 Å². The summed E-state index contributed by atoms with van der Waals surface area (Å²) in [4.78, 5) is 0. The van der Waals surface area contributed by atoms with E-state index in [1.165, 1.54) is 25.7 Å². The van der Waals surface area contributed by atoms with Gasteiger partial charge in [0.15, 0.2) is 0 Å². The van der Waals surface area contributed by atoms with Crippen LogP contribution in [-0.4, -0.2) is 9.78 Å². The van der Waals surface area contributed by atoms with E-state index in [1.54, 1.807) is 12.1 Å². The molecule has 1 saturated carbocycles. The minimum absolute atomic E-state index is 0.439. The summed E-state index contributed by atoms with van der Waals surface area (Å²) in [5, 5.41) is 13.4. The van der Waals surface area contributed by atoms with E-state index in [4.69, 9.17) is 10.00 Å². The van der Waals surface area contributed by atoms with Gasteiger partial charge in [0, 0.05) is 6.20 Å². The zero-order valence-corrected chi connectivity index (χ0v) is 11.3. The molecule has 0 atom stereocenters. The maximum Gasteiger partial charge on any atom is 0.132 e. The number of hydrogen-bond acceptors (Lipinski definition) is 3. The second kappa shape index (κ2) is 5.79. The summed E-state index contributed by atoms with van der Waals surface area (Å²) < 4.78 is 7.75. The standard InChI is InChI=1S/C16H17N3O/c17-11-13-4-3-7-16(10-13)20-12-14-8-9-19(18-14)15-5-1-2-6-15/h3-4,7-10,15H,1-2,5-6,12H2. The number of nitrogens with zero attached hydrogens (tertiary/aromatic N) is 3. The van der Waals surface area contributed by atoms with Crippen LogP contribution in [0.3, 0.4) is 0 Å². The molecule has 1 fully saturated rings. The minimum Gasteiger partial charge on any atom is -0.487 e. The van der Waals surface area contributed by atoms with Gasteiger partial charge in [0.1, 0.15) is 12.4 Å². The molecule has 1 aromatic carbocycles.